The molecule has 2 rings (SSSR count). The number of rotatable bonds is 8. The summed E-state index contributed by atoms with van der Waals surface area (Å²) in [4.78, 5) is 23.8. The number of phenolic OH excluding ortho intramolecular Hbond substituents is 3. The molecule has 5 N–H and O–H groups in total. The Morgan fingerprint density at radius 2 is 1.59 bits per heavy atom. The van der Waals surface area contributed by atoms with Gasteiger partial charge in [-0.15, -0.1) is 0 Å². The van der Waals surface area contributed by atoms with E-state index in [-0.39, 0.29) is 11.8 Å². The van der Waals surface area contributed by atoms with Crippen molar-refractivity contribution in [2.75, 3.05) is 13.1 Å². The molecule has 27 heavy (non-hydrogen) atoms. The van der Waals surface area contributed by atoms with E-state index in [9.17, 15) is 24.9 Å². The van der Waals surface area contributed by atoms with Crippen molar-refractivity contribution in [3.8, 4) is 28.4 Å². The lowest BCUT2D eigenvalue weighted by atomic mass is 10.0. The van der Waals surface area contributed by atoms with Gasteiger partial charge in [-0.2, -0.15) is 0 Å². The van der Waals surface area contributed by atoms with Crippen LogP contribution in [0.4, 0.5) is 0 Å². The van der Waals surface area contributed by atoms with Gasteiger partial charge in [0.2, 0.25) is 5.91 Å². The van der Waals surface area contributed by atoms with E-state index in [0.29, 0.717) is 36.2 Å². The van der Waals surface area contributed by atoms with Crippen LogP contribution in [0.3, 0.4) is 0 Å². The highest BCUT2D eigenvalue weighted by Crippen LogP contribution is 2.38. The predicted octanol–water partition coefficient (Wildman–Crippen LogP) is 2.51. The quantitative estimate of drug-likeness (QED) is 0.360. The van der Waals surface area contributed by atoms with Crippen LogP contribution in [0.2, 0.25) is 0 Å². The molecule has 0 spiro atoms. The van der Waals surface area contributed by atoms with Crippen LogP contribution in [0, 0.1) is 0 Å². The van der Waals surface area contributed by atoms with Crippen LogP contribution in [0.5, 0.6) is 17.2 Å². The van der Waals surface area contributed by atoms with Crippen LogP contribution < -0.4 is 10.6 Å². The minimum Gasteiger partial charge on any atom is -0.504 e. The van der Waals surface area contributed by atoms with E-state index in [4.69, 9.17) is 0 Å². The highest BCUT2D eigenvalue weighted by atomic mass is 16.3. The molecule has 7 nitrogen and oxygen atoms in total. The van der Waals surface area contributed by atoms with Crippen LogP contribution >= 0.6 is 0 Å². The monoisotopic (exact) mass is 372 g/mol. The van der Waals surface area contributed by atoms with E-state index < -0.39 is 17.2 Å². The topological polar surface area (TPSA) is 119 Å². The number of unbranched alkanes of at least 4 members (excludes halogenated alkanes) is 1. The summed E-state index contributed by atoms with van der Waals surface area (Å²) in [5.74, 6) is -1.81. The minimum atomic E-state index is -0.589. The Bertz CT molecular complexity index is 797. The van der Waals surface area contributed by atoms with E-state index in [1.54, 1.807) is 24.3 Å². The molecule has 0 saturated heterocycles. The predicted molar refractivity (Wildman–Crippen MR) is 102 cm³/mol. The average Bonchev–Trinajstić information content (AvgIpc) is 2.67. The molecule has 0 aliphatic rings. The Balaban J connectivity index is 1.97. The first-order valence-corrected chi connectivity index (χ1v) is 8.82. The zero-order chi connectivity index (χ0) is 19.8. The Kier molecular flexibility index (Phi) is 7.05. The molecular formula is C20H24N2O5. The van der Waals surface area contributed by atoms with Crippen molar-refractivity contribution < 1.29 is 24.9 Å². The molecule has 2 aromatic rings. The van der Waals surface area contributed by atoms with Crippen molar-refractivity contribution in [3.05, 3.63) is 42.0 Å². The van der Waals surface area contributed by atoms with Gasteiger partial charge in [0, 0.05) is 25.1 Å². The lowest BCUT2D eigenvalue weighted by Crippen LogP contribution is -2.34. The van der Waals surface area contributed by atoms with Gasteiger partial charge in [0.25, 0.3) is 5.91 Å². The zero-order valence-electron chi connectivity index (χ0n) is 15.2. The summed E-state index contributed by atoms with van der Waals surface area (Å²) in [6.07, 6.45) is 2.28. The summed E-state index contributed by atoms with van der Waals surface area (Å²) in [5.41, 5.74) is 1.46. The fourth-order valence-electron chi connectivity index (χ4n) is 2.52. The molecule has 0 radical (unpaired) electrons. The molecule has 0 aliphatic heterocycles. The Hall–Kier alpha value is -3.22. The van der Waals surface area contributed by atoms with Crippen LogP contribution in [-0.4, -0.2) is 40.2 Å². The number of hydrogen-bond acceptors (Lipinski definition) is 5. The molecular weight excluding hydrogens is 348 g/mol. The maximum atomic E-state index is 12.3. The average molecular weight is 372 g/mol. The van der Waals surface area contributed by atoms with Gasteiger partial charge in [-0.1, -0.05) is 25.5 Å². The molecule has 0 aromatic heterocycles. The largest absolute Gasteiger partial charge is 0.504 e. The number of carbonyl (C=O) groups excluding carboxylic acids is 2. The van der Waals surface area contributed by atoms with Crippen molar-refractivity contribution >= 4 is 11.8 Å². The van der Waals surface area contributed by atoms with Crippen molar-refractivity contribution in [3.63, 3.8) is 0 Å². The van der Waals surface area contributed by atoms with Gasteiger partial charge in [0.15, 0.2) is 17.2 Å². The van der Waals surface area contributed by atoms with Crippen LogP contribution in [0.1, 0.15) is 36.5 Å². The van der Waals surface area contributed by atoms with E-state index in [2.05, 4.69) is 10.6 Å². The first-order valence-electron chi connectivity index (χ1n) is 8.82. The Labute approximate surface area is 157 Å². The number of benzene rings is 2. The third-order valence-corrected chi connectivity index (χ3v) is 4.02. The first kappa shape index (κ1) is 20.1. The highest BCUT2D eigenvalue weighted by molar-refractivity contribution is 5.95. The minimum absolute atomic E-state index is 0.0277. The molecule has 7 heteroatoms. The van der Waals surface area contributed by atoms with E-state index in [1.165, 1.54) is 12.1 Å². The third kappa shape index (κ3) is 5.64. The molecule has 0 saturated carbocycles. The van der Waals surface area contributed by atoms with Gasteiger partial charge >= 0.3 is 0 Å². The Morgan fingerprint density at radius 3 is 2.26 bits per heavy atom. The summed E-state index contributed by atoms with van der Waals surface area (Å²) in [5, 5.41) is 34.2. The second-order valence-electron chi connectivity index (χ2n) is 6.15. The van der Waals surface area contributed by atoms with Gasteiger partial charge in [0.1, 0.15) is 0 Å². The number of phenols is 3. The molecule has 0 unspecified atom stereocenters. The molecule has 0 fully saturated rings. The lowest BCUT2D eigenvalue weighted by molar-refractivity contribution is -0.121. The Morgan fingerprint density at radius 1 is 0.926 bits per heavy atom. The van der Waals surface area contributed by atoms with Gasteiger partial charge in [-0.25, -0.2) is 0 Å². The second-order valence-corrected chi connectivity index (χ2v) is 6.15. The SMILES string of the molecule is CCCCC(=O)NCCNC(=O)c1cccc(-c2cc(O)c(O)c(O)c2)c1. The summed E-state index contributed by atoms with van der Waals surface area (Å²) < 4.78 is 0. The number of aromatic hydroxyl groups is 3. The lowest BCUT2D eigenvalue weighted by Gasteiger charge is -2.09. The van der Waals surface area contributed by atoms with Crippen LogP contribution in [0.25, 0.3) is 11.1 Å². The first-order chi connectivity index (χ1) is 12.9. The molecule has 2 aromatic carbocycles. The standard InChI is InChI=1S/C20H24N2O5/c1-2-3-7-18(25)21-8-9-22-20(27)14-6-4-5-13(10-14)15-11-16(23)19(26)17(24)12-15/h4-6,10-12,23-24,26H,2-3,7-9H2,1H3,(H,21,25)(H,22,27). The molecule has 0 aliphatic carbocycles. The number of carbonyl (C=O) groups is 2. The van der Waals surface area contributed by atoms with E-state index >= 15 is 0 Å². The maximum Gasteiger partial charge on any atom is 0.251 e. The zero-order valence-corrected chi connectivity index (χ0v) is 15.2. The number of nitrogens with one attached hydrogen (secondary N) is 2. The summed E-state index contributed by atoms with van der Waals surface area (Å²) in [6.45, 7) is 2.68. The summed E-state index contributed by atoms with van der Waals surface area (Å²) in [6, 6.07) is 9.25. The molecule has 2 amide bonds. The summed E-state index contributed by atoms with van der Waals surface area (Å²) >= 11 is 0. The van der Waals surface area contributed by atoms with E-state index in [0.717, 1.165) is 12.8 Å². The molecule has 144 valence electrons. The summed E-state index contributed by atoms with van der Waals surface area (Å²) in [7, 11) is 0. The molecule has 0 bridgehead atoms. The van der Waals surface area contributed by atoms with Gasteiger partial charge in [-0.3, -0.25) is 9.59 Å². The van der Waals surface area contributed by atoms with Crippen LogP contribution in [0.15, 0.2) is 36.4 Å². The fraction of sp³-hybridized carbons (Fsp3) is 0.300. The van der Waals surface area contributed by atoms with Crippen molar-refractivity contribution in [2.45, 2.75) is 26.2 Å². The van der Waals surface area contributed by atoms with Gasteiger partial charge in [0.05, 0.1) is 0 Å². The second kappa shape index (κ2) is 9.47. The van der Waals surface area contributed by atoms with Crippen molar-refractivity contribution in [1.29, 1.82) is 0 Å². The third-order valence-electron chi connectivity index (χ3n) is 4.02. The van der Waals surface area contributed by atoms with Crippen molar-refractivity contribution in [1.82, 2.24) is 10.6 Å². The highest BCUT2D eigenvalue weighted by Gasteiger charge is 2.11. The van der Waals surface area contributed by atoms with Crippen LogP contribution in [-0.2, 0) is 4.79 Å². The van der Waals surface area contributed by atoms with Gasteiger partial charge in [-0.05, 0) is 41.8 Å². The number of amides is 2. The maximum absolute atomic E-state index is 12.3. The smallest absolute Gasteiger partial charge is 0.251 e. The fourth-order valence-corrected chi connectivity index (χ4v) is 2.52. The normalized spacial score (nSPS) is 10.4. The van der Waals surface area contributed by atoms with Crippen molar-refractivity contribution in [2.24, 2.45) is 0 Å². The number of hydrogen-bond donors (Lipinski definition) is 5. The van der Waals surface area contributed by atoms with E-state index in [1.807, 2.05) is 6.92 Å². The molecule has 0 atom stereocenters. The van der Waals surface area contributed by atoms with Gasteiger partial charge < -0.3 is 26.0 Å². The molecule has 0 heterocycles.